The molecule has 0 spiro atoms. The van der Waals surface area contributed by atoms with Crippen LogP contribution in [0.2, 0.25) is 17.3 Å². The van der Waals surface area contributed by atoms with Crippen molar-refractivity contribution in [2.24, 2.45) is 5.92 Å². The van der Waals surface area contributed by atoms with Crippen molar-refractivity contribution in [1.29, 1.82) is 0 Å². The van der Waals surface area contributed by atoms with Crippen molar-refractivity contribution in [2.75, 3.05) is 0 Å². The summed E-state index contributed by atoms with van der Waals surface area (Å²) in [6.07, 6.45) is 5.74. The Morgan fingerprint density at radius 1 is 0.797 bits per heavy atom. The van der Waals surface area contributed by atoms with Crippen LogP contribution in [0.4, 0.5) is 0 Å². The molecule has 0 N–H and O–H groups in total. The monoisotopic (exact) mass is 1020 g/mol. The van der Waals surface area contributed by atoms with Gasteiger partial charge in [0, 0.05) is 31.2 Å². The van der Waals surface area contributed by atoms with Gasteiger partial charge in [0.25, 0.3) is 0 Å². The third-order valence-electron chi connectivity index (χ3n) is 11.4. The molecule has 305 valence electrons. The molecule has 1 aliphatic rings. The number of rotatable bonds is 8. The first-order valence-electron chi connectivity index (χ1n) is 23.4. The fourth-order valence-corrected chi connectivity index (χ4v) is 11.3. The number of hydrogen-bond donors (Lipinski definition) is 0. The molecule has 4 nitrogen and oxygen atoms in total. The molecular formula is C53H57GeIrN3O-2. The fourth-order valence-electron chi connectivity index (χ4n) is 8.37. The molecule has 0 aliphatic heterocycles. The minimum Gasteiger partial charge on any atom is 0 e. The van der Waals surface area contributed by atoms with Crippen LogP contribution in [0, 0.1) is 24.9 Å². The molecule has 0 saturated heterocycles. The van der Waals surface area contributed by atoms with Gasteiger partial charge in [-0.3, -0.25) is 4.98 Å². The van der Waals surface area contributed by atoms with E-state index >= 15 is 0 Å². The first kappa shape index (κ1) is 36.6. The Bertz CT molecular complexity index is 2880. The summed E-state index contributed by atoms with van der Waals surface area (Å²) < 4.78 is 50.2. The van der Waals surface area contributed by atoms with E-state index in [2.05, 4.69) is 127 Å². The maximum atomic E-state index is 9.04. The van der Waals surface area contributed by atoms with E-state index in [1.54, 1.807) is 12.1 Å². The first-order valence-corrected chi connectivity index (χ1v) is 28.3. The summed E-state index contributed by atoms with van der Waals surface area (Å²) in [6, 6.07) is 40.6. The van der Waals surface area contributed by atoms with Crippen molar-refractivity contribution in [3.05, 3.63) is 144 Å². The molecular weight excluding hydrogens is 959 g/mol. The topological polar surface area (TPSA) is 43.9 Å². The molecule has 0 amide bonds. The van der Waals surface area contributed by atoms with Crippen LogP contribution < -0.4 is 4.40 Å². The molecule has 8 aromatic rings. The van der Waals surface area contributed by atoms with E-state index in [9.17, 15) is 0 Å². The van der Waals surface area contributed by atoms with Crippen molar-refractivity contribution in [2.45, 2.75) is 102 Å². The van der Waals surface area contributed by atoms with Crippen LogP contribution >= 0.6 is 0 Å². The Kier molecular flexibility index (Phi) is 11.2. The second-order valence-electron chi connectivity index (χ2n) is 17.4. The van der Waals surface area contributed by atoms with E-state index < -0.39 is 26.5 Å². The Balaban J connectivity index is 0.000000191. The molecule has 3 heterocycles. The summed E-state index contributed by atoms with van der Waals surface area (Å²) in [6.45, 7) is 6.89. The molecule has 1 radical (unpaired) electrons. The van der Waals surface area contributed by atoms with Crippen LogP contribution in [0.15, 0.2) is 114 Å². The normalized spacial score (nSPS) is 15.3. The molecule has 0 bridgehead atoms. The van der Waals surface area contributed by atoms with Gasteiger partial charge in [0.05, 0.1) is 22.4 Å². The molecule has 9 rings (SSSR count). The molecule has 59 heavy (non-hydrogen) atoms. The van der Waals surface area contributed by atoms with Crippen molar-refractivity contribution in [3.63, 3.8) is 0 Å². The minimum absolute atomic E-state index is 0. The van der Waals surface area contributed by atoms with Crippen LogP contribution in [0.3, 0.4) is 0 Å². The number of hydrogen-bond acceptors (Lipinski definition) is 3. The van der Waals surface area contributed by atoms with Crippen LogP contribution in [0.25, 0.3) is 61.3 Å². The van der Waals surface area contributed by atoms with Gasteiger partial charge in [0.2, 0.25) is 0 Å². The number of fused-ring (bicyclic) bond motifs is 4. The van der Waals surface area contributed by atoms with Crippen molar-refractivity contribution >= 4 is 50.6 Å². The molecule has 5 aromatic carbocycles. The molecule has 1 fully saturated rings. The van der Waals surface area contributed by atoms with Crippen LogP contribution in [0.1, 0.15) is 101 Å². The predicted molar refractivity (Wildman–Crippen MR) is 247 cm³/mol. The Morgan fingerprint density at radius 3 is 2.20 bits per heavy atom. The summed E-state index contributed by atoms with van der Waals surface area (Å²) in [5.41, 5.74) is 11.1. The quantitative estimate of drug-likeness (QED) is 0.113. The van der Waals surface area contributed by atoms with Gasteiger partial charge in [-0.25, -0.2) is 0 Å². The Hall–Kier alpha value is -4.29. The van der Waals surface area contributed by atoms with E-state index in [1.807, 2.05) is 30.5 Å². The maximum Gasteiger partial charge on any atom is 0 e. The van der Waals surface area contributed by atoms with Gasteiger partial charge in [-0.2, -0.15) is 0 Å². The standard InChI is InChI=1S/C31H27N2O.C22H30GeN.Ir/c1-19(2)22-11-9-12-23(20(3)4)30(22)33-27-14-7-6-13-26(27)32-31(33)21-16-17-29-25(18-21)24-10-5-8-15-28(24)34-29;1-17-10-12-19(13-11-17)22-15-20(14-18-8-6-5-7-9-18)21(16-24-22)23(2,3)4;/h5-15,17-20H,1-4H3;10-12,15-16,18H,5-9,14H2,1-4H3;/q2*-1;/i;1D3,14D2;. The third-order valence-corrected chi connectivity index (χ3v) is 15.7. The number of para-hydroxylation sites is 4. The van der Waals surface area contributed by atoms with Gasteiger partial charge in [-0.05, 0) is 41.2 Å². The molecule has 1 aliphatic carbocycles. The summed E-state index contributed by atoms with van der Waals surface area (Å²) >= 11 is -2.35. The van der Waals surface area contributed by atoms with Crippen LogP contribution in [-0.4, -0.2) is 27.8 Å². The van der Waals surface area contributed by atoms with Crippen molar-refractivity contribution in [1.82, 2.24) is 14.5 Å². The van der Waals surface area contributed by atoms with E-state index in [4.69, 9.17) is 16.3 Å². The number of nitrogens with zero attached hydrogens (tertiary/aromatic N) is 3. The summed E-state index contributed by atoms with van der Waals surface area (Å²) in [5.74, 6) is 8.52. The molecule has 0 atom stereocenters. The minimum atomic E-state index is -2.35. The predicted octanol–water partition coefficient (Wildman–Crippen LogP) is 14.2. The zero-order valence-electron chi connectivity index (χ0n) is 40.2. The largest absolute Gasteiger partial charge is 0 e. The summed E-state index contributed by atoms with van der Waals surface area (Å²) in [7, 11) is 0. The average molecular weight is 1020 g/mol. The number of benzene rings is 5. The smallest absolute Gasteiger partial charge is 0 e. The van der Waals surface area contributed by atoms with Crippen molar-refractivity contribution in [3.8, 4) is 28.3 Å². The summed E-state index contributed by atoms with van der Waals surface area (Å²) in [4.78, 5) is 9.77. The zero-order valence-corrected chi connectivity index (χ0v) is 39.7. The molecule has 3 aromatic heterocycles. The van der Waals surface area contributed by atoms with E-state index in [0.717, 1.165) is 80.0 Å². The molecule has 0 unspecified atom stereocenters. The van der Waals surface area contributed by atoms with Gasteiger partial charge < -0.3 is 8.98 Å². The third kappa shape index (κ3) is 9.09. The number of aryl methyl sites for hydroxylation is 1. The fraction of sp³-hybridized carbons (Fsp3) is 0.321. The Labute approximate surface area is 374 Å². The van der Waals surface area contributed by atoms with E-state index in [-0.39, 0.29) is 31.6 Å². The number of furan rings is 1. The van der Waals surface area contributed by atoms with E-state index in [1.165, 1.54) is 29.3 Å². The van der Waals surface area contributed by atoms with Gasteiger partial charge >= 0.3 is 157 Å². The number of aromatic nitrogens is 3. The van der Waals surface area contributed by atoms with Crippen LogP contribution in [0.5, 0.6) is 0 Å². The zero-order chi connectivity index (χ0) is 44.8. The average Bonchev–Trinajstić information content (AvgIpc) is 3.84. The summed E-state index contributed by atoms with van der Waals surface area (Å²) in [5, 5.41) is 2.20. The van der Waals surface area contributed by atoms with Gasteiger partial charge in [-0.1, -0.05) is 81.6 Å². The van der Waals surface area contributed by atoms with Gasteiger partial charge in [0.15, 0.2) is 0 Å². The number of imidazole rings is 1. The molecule has 6 heteroatoms. The maximum absolute atomic E-state index is 9.04. The second kappa shape index (κ2) is 18.1. The molecule has 1 saturated carbocycles. The Morgan fingerprint density at radius 2 is 1.51 bits per heavy atom. The van der Waals surface area contributed by atoms with Crippen LogP contribution in [-0.2, 0) is 26.5 Å². The van der Waals surface area contributed by atoms with E-state index in [0.29, 0.717) is 23.1 Å². The number of pyridine rings is 1. The van der Waals surface area contributed by atoms with Gasteiger partial charge in [-0.15, -0.1) is 23.8 Å². The first-order chi connectivity index (χ1) is 29.9. The van der Waals surface area contributed by atoms with Gasteiger partial charge in [0.1, 0.15) is 5.58 Å². The van der Waals surface area contributed by atoms with Crippen molar-refractivity contribution < 1.29 is 31.4 Å². The SMILES string of the molecule is CC(C)c1cccc(C(C)C)c1-n1c(-c2[c-]cc3oc4ccccc4c3c2)nc2ccccc21.[2H]C([2H])([2H])c1c[c-]c(-c2cc(C([2H])([2H])C3CCCCC3)[c]([Ge]([CH3])([CH3])[CH3])cn2)cc1.[Ir]. The second-order valence-corrected chi connectivity index (χ2v) is 28.0.